The molecule has 4 aliphatic rings. The summed E-state index contributed by atoms with van der Waals surface area (Å²) in [7, 11) is 1.64. The van der Waals surface area contributed by atoms with Gasteiger partial charge in [-0.25, -0.2) is 0 Å². The molecule has 0 saturated heterocycles. The van der Waals surface area contributed by atoms with E-state index in [0.29, 0.717) is 5.41 Å². The summed E-state index contributed by atoms with van der Waals surface area (Å²) >= 11 is 0. The fraction of sp³-hybridized carbons (Fsp3) is 0.850. The van der Waals surface area contributed by atoms with Gasteiger partial charge in [-0.1, -0.05) is 24.6 Å². The highest BCUT2D eigenvalue weighted by atomic mass is 16.6. The van der Waals surface area contributed by atoms with Gasteiger partial charge in [0.05, 0.1) is 11.8 Å². The topological polar surface area (TPSA) is 41.8 Å². The maximum Gasteiger partial charge on any atom is 0.106 e. The van der Waals surface area contributed by atoms with E-state index in [-0.39, 0.29) is 11.5 Å². The Kier molecular flexibility index (Phi) is 3.64. The minimum Gasteiger partial charge on any atom is -0.399 e. The first-order chi connectivity index (χ1) is 11.0. The number of hydrogen-bond donors (Lipinski definition) is 1. The van der Waals surface area contributed by atoms with Crippen LogP contribution in [-0.4, -0.2) is 24.0 Å². The molecule has 0 amide bonds. The van der Waals surface area contributed by atoms with E-state index in [4.69, 9.17) is 4.84 Å². The van der Waals surface area contributed by atoms with Crippen LogP contribution in [0.2, 0.25) is 0 Å². The summed E-state index contributed by atoms with van der Waals surface area (Å²) in [4.78, 5) is 5.00. The minimum atomic E-state index is -0.0648. The number of allylic oxidation sites excluding steroid dienone is 2. The van der Waals surface area contributed by atoms with Gasteiger partial charge in [0.15, 0.2) is 0 Å². The number of rotatable bonds is 1. The van der Waals surface area contributed by atoms with E-state index in [1.165, 1.54) is 38.5 Å². The number of nitrogens with zero attached hydrogens (tertiary/aromatic N) is 1. The van der Waals surface area contributed by atoms with Gasteiger partial charge in [-0.3, -0.25) is 0 Å². The van der Waals surface area contributed by atoms with Gasteiger partial charge in [-0.15, -0.1) is 0 Å². The van der Waals surface area contributed by atoms with Crippen molar-refractivity contribution in [1.29, 1.82) is 0 Å². The van der Waals surface area contributed by atoms with Crippen LogP contribution < -0.4 is 0 Å². The van der Waals surface area contributed by atoms with Crippen molar-refractivity contribution in [3.05, 3.63) is 11.6 Å². The van der Waals surface area contributed by atoms with E-state index < -0.39 is 0 Å². The predicted molar refractivity (Wildman–Crippen MR) is 92.2 cm³/mol. The Morgan fingerprint density at radius 2 is 1.91 bits per heavy atom. The van der Waals surface area contributed by atoms with E-state index >= 15 is 0 Å². The first-order valence-electron chi connectivity index (χ1n) is 9.48. The Balaban J connectivity index is 1.65. The molecular formula is C20H31NO2. The van der Waals surface area contributed by atoms with Crippen molar-refractivity contribution in [2.24, 2.45) is 33.7 Å². The van der Waals surface area contributed by atoms with E-state index in [1.807, 2.05) is 0 Å². The van der Waals surface area contributed by atoms with Crippen LogP contribution >= 0.6 is 0 Å². The number of hydrogen-bond acceptors (Lipinski definition) is 3. The Labute approximate surface area is 140 Å². The van der Waals surface area contributed by atoms with Crippen LogP contribution in [-0.2, 0) is 4.84 Å². The van der Waals surface area contributed by atoms with Crippen molar-refractivity contribution >= 4 is 5.71 Å². The van der Waals surface area contributed by atoms with Crippen molar-refractivity contribution < 1.29 is 9.94 Å². The number of fused-ring (bicyclic) bond motifs is 5. The second kappa shape index (κ2) is 5.34. The Morgan fingerprint density at radius 3 is 2.70 bits per heavy atom. The van der Waals surface area contributed by atoms with Crippen LogP contribution in [0, 0.1) is 28.6 Å². The molecule has 23 heavy (non-hydrogen) atoms. The fourth-order valence-corrected chi connectivity index (χ4v) is 6.73. The average Bonchev–Trinajstić information content (AvgIpc) is 2.84. The van der Waals surface area contributed by atoms with Crippen molar-refractivity contribution in [3.8, 4) is 0 Å². The molecule has 128 valence electrons. The van der Waals surface area contributed by atoms with Crippen molar-refractivity contribution in [3.63, 3.8) is 0 Å². The molecule has 3 nitrogen and oxygen atoms in total. The zero-order chi connectivity index (χ0) is 16.2. The predicted octanol–water partition coefficient (Wildman–Crippen LogP) is 4.31. The summed E-state index contributed by atoms with van der Waals surface area (Å²) in [6.45, 7) is 4.87. The molecule has 3 heteroatoms. The first-order valence-corrected chi connectivity index (χ1v) is 9.48. The quantitative estimate of drug-likeness (QED) is 0.732. The maximum atomic E-state index is 10.5. The van der Waals surface area contributed by atoms with Gasteiger partial charge in [-0.2, -0.15) is 0 Å². The molecule has 3 saturated carbocycles. The Hall–Kier alpha value is -0.830. The molecule has 3 fully saturated rings. The molecule has 3 unspecified atom stereocenters. The van der Waals surface area contributed by atoms with Gasteiger partial charge in [0.1, 0.15) is 7.11 Å². The second-order valence-corrected chi connectivity index (χ2v) is 8.91. The molecule has 0 radical (unpaired) electrons. The molecular weight excluding hydrogens is 286 g/mol. The lowest BCUT2D eigenvalue weighted by atomic mass is 9.47. The van der Waals surface area contributed by atoms with Gasteiger partial charge >= 0.3 is 0 Å². The second-order valence-electron chi connectivity index (χ2n) is 8.91. The van der Waals surface area contributed by atoms with Crippen LogP contribution in [0.3, 0.4) is 0 Å². The SMILES string of the molecule is CON=C1C=C2CCC3C(CC[C@@]4(C)C3CC[C@H]4O)[C@@]2(C)CC1. The third kappa shape index (κ3) is 2.15. The highest BCUT2D eigenvalue weighted by Crippen LogP contribution is 2.65. The van der Waals surface area contributed by atoms with Crippen molar-refractivity contribution in [2.45, 2.75) is 71.3 Å². The molecule has 0 bridgehead atoms. The first kappa shape index (κ1) is 15.7. The summed E-state index contributed by atoms with van der Waals surface area (Å²) in [5, 5.41) is 14.7. The third-order valence-electron chi connectivity index (χ3n) is 8.14. The monoisotopic (exact) mass is 317 g/mol. The summed E-state index contributed by atoms with van der Waals surface area (Å²) < 4.78 is 0. The van der Waals surface area contributed by atoms with Crippen LogP contribution in [0.4, 0.5) is 0 Å². The van der Waals surface area contributed by atoms with Gasteiger partial charge in [0.2, 0.25) is 0 Å². The normalized spacial score (nSPS) is 50.8. The Bertz CT molecular complexity index is 554. The molecule has 0 heterocycles. The Morgan fingerprint density at radius 1 is 1.09 bits per heavy atom. The molecule has 0 aromatic rings. The lowest BCUT2D eigenvalue weighted by Crippen LogP contribution is -2.51. The molecule has 0 aromatic carbocycles. The maximum absolute atomic E-state index is 10.5. The highest BCUT2D eigenvalue weighted by molar-refractivity contribution is 5.96. The molecule has 0 spiro atoms. The van der Waals surface area contributed by atoms with E-state index in [2.05, 4.69) is 25.1 Å². The molecule has 4 rings (SSSR count). The van der Waals surface area contributed by atoms with Crippen LogP contribution in [0.1, 0.15) is 65.2 Å². The number of aliphatic hydroxyl groups excluding tert-OH is 1. The van der Waals surface area contributed by atoms with Gasteiger partial charge < -0.3 is 9.94 Å². The lowest BCUT2D eigenvalue weighted by molar-refractivity contribution is -0.0722. The summed E-state index contributed by atoms with van der Waals surface area (Å²) in [5.41, 5.74) is 3.28. The third-order valence-corrected chi connectivity index (χ3v) is 8.14. The minimum absolute atomic E-state index is 0.0648. The van der Waals surface area contributed by atoms with Crippen LogP contribution in [0.5, 0.6) is 0 Å². The molecule has 6 atom stereocenters. The van der Waals surface area contributed by atoms with Crippen LogP contribution in [0.25, 0.3) is 0 Å². The highest BCUT2D eigenvalue weighted by Gasteiger charge is 2.58. The lowest BCUT2D eigenvalue weighted by Gasteiger charge is -2.57. The summed E-state index contributed by atoms with van der Waals surface area (Å²) in [5.74, 6) is 2.35. The summed E-state index contributed by atoms with van der Waals surface area (Å²) in [6.07, 6.45) is 11.8. The average molecular weight is 317 g/mol. The van der Waals surface area contributed by atoms with E-state index in [0.717, 1.165) is 36.3 Å². The number of oxime groups is 1. The fourth-order valence-electron chi connectivity index (χ4n) is 6.73. The molecule has 4 aliphatic carbocycles. The smallest absolute Gasteiger partial charge is 0.106 e. The zero-order valence-electron chi connectivity index (χ0n) is 14.8. The van der Waals surface area contributed by atoms with Gasteiger partial charge in [0, 0.05) is 0 Å². The standard InChI is InChI=1S/C20H31NO2/c1-19-10-8-14(21-23-3)12-13(19)4-5-15-16-6-7-18(22)20(16,2)11-9-17(15)19/h12,15-18,22H,4-11H2,1-3H3/t15?,16?,17?,18-,19+,20+/m1/s1. The number of aliphatic hydroxyl groups is 1. The molecule has 1 N–H and O–H groups in total. The van der Waals surface area contributed by atoms with Crippen molar-refractivity contribution in [2.75, 3.05) is 7.11 Å². The largest absolute Gasteiger partial charge is 0.399 e. The van der Waals surface area contributed by atoms with Crippen LogP contribution in [0.15, 0.2) is 16.8 Å². The van der Waals surface area contributed by atoms with Gasteiger partial charge in [-0.05, 0) is 86.0 Å². The van der Waals surface area contributed by atoms with E-state index in [1.54, 1.807) is 12.7 Å². The van der Waals surface area contributed by atoms with Gasteiger partial charge in [0.25, 0.3) is 0 Å². The zero-order valence-corrected chi connectivity index (χ0v) is 14.8. The van der Waals surface area contributed by atoms with Crippen molar-refractivity contribution in [1.82, 2.24) is 0 Å². The molecule has 0 aliphatic heterocycles. The molecule has 0 aromatic heterocycles. The summed E-state index contributed by atoms with van der Waals surface area (Å²) in [6, 6.07) is 0. The van der Waals surface area contributed by atoms with E-state index in [9.17, 15) is 5.11 Å².